The van der Waals surface area contributed by atoms with Crippen LogP contribution in [0.2, 0.25) is 0 Å². The molecule has 4 unspecified atom stereocenters. The molecular formula is C22H36O. The molecule has 1 saturated heterocycles. The van der Waals surface area contributed by atoms with E-state index in [0.717, 1.165) is 36.9 Å². The van der Waals surface area contributed by atoms with Crippen molar-refractivity contribution < 1.29 is 4.74 Å². The molecule has 23 heavy (non-hydrogen) atoms. The van der Waals surface area contributed by atoms with Gasteiger partial charge in [-0.2, -0.15) is 0 Å². The Labute approximate surface area is 143 Å². The number of ether oxygens (including phenoxy) is 1. The average molecular weight is 317 g/mol. The maximum absolute atomic E-state index is 6.00. The van der Waals surface area contributed by atoms with Crippen LogP contribution in [0.25, 0.3) is 0 Å². The average Bonchev–Trinajstić information content (AvgIpc) is 2.65. The normalized spacial score (nSPS) is 50.7. The molecule has 0 aromatic rings. The van der Waals surface area contributed by atoms with E-state index in [9.17, 15) is 0 Å². The highest BCUT2D eigenvalue weighted by molar-refractivity contribution is 5.23. The van der Waals surface area contributed by atoms with Crippen molar-refractivity contribution in [1.29, 1.82) is 0 Å². The van der Waals surface area contributed by atoms with Crippen molar-refractivity contribution in [2.75, 3.05) is 13.2 Å². The molecule has 1 nitrogen and oxygen atoms in total. The van der Waals surface area contributed by atoms with Crippen molar-refractivity contribution in [1.82, 2.24) is 0 Å². The number of rotatable bonds is 0. The molecule has 0 spiro atoms. The van der Waals surface area contributed by atoms with Crippen molar-refractivity contribution in [3.63, 3.8) is 0 Å². The Morgan fingerprint density at radius 3 is 2.87 bits per heavy atom. The number of fused-ring (bicyclic) bond motifs is 6. The van der Waals surface area contributed by atoms with Crippen LogP contribution in [-0.2, 0) is 4.74 Å². The Bertz CT molecular complexity index is 480. The quantitative estimate of drug-likeness (QED) is 0.499. The minimum atomic E-state index is 0.445. The van der Waals surface area contributed by atoms with Gasteiger partial charge in [0.05, 0.1) is 6.61 Å². The molecule has 4 rings (SSSR count). The van der Waals surface area contributed by atoms with Crippen LogP contribution in [0.1, 0.15) is 78.6 Å². The van der Waals surface area contributed by atoms with E-state index in [0.29, 0.717) is 10.8 Å². The van der Waals surface area contributed by atoms with Crippen LogP contribution >= 0.6 is 0 Å². The summed E-state index contributed by atoms with van der Waals surface area (Å²) in [5, 5.41) is 0. The van der Waals surface area contributed by atoms with Crippen molar-refractivity contribution in [3.8, 4) is 0 Å². The molecule has 1 heterocycles. The van der Waals surface area contributed by atoms with Gasteiger partial charge in [0.25, 0.3) is 0 Å². The van der Waals surface area contributed by atoms with Gasteiger partial charge in [-0.1, -0.05) is 32.4 Å². The summed E-state index contributed by atoms with van der Waals surface area (Å²) < 4.78 is 6.00. The van der Waals surface area contributed by atoms with E-state index >= 15 is 0 Å². The lowest BCUT2D eigenvalue weighted by Crippen LogP contribution is -2.42. The number of hydrogen-bond donors (Lipinski definition) is 0. The smallest absolute Gasteiger partial charge is 0.0519 e. The van der Waals surface area contributed by atoms with Crippen LogP contribution in [0.15, 0.2) is 11.6 Å². The SMILES string of the molecule is C[C@H]1CCC2(C)C(=CCC3C4CCCOCC(C)(CC[C@@H]32)C4)C1. The standard InChI is InChI=1S/C22H36O/c1-16-8-11-22(3)18(13-16)6-7-19-17-5-4-12-23-15-21(2,14-17)10-9-20(19)22/h6,16-17,19-20H,4-5,7-15H2,1-3H3/t16-,17?,19?,20-,21?,22?/m0/s1. The van der Waals surface area contributed by atoms with Gasteiger partial charge >= 0.3 is 0 Å². The predicted octanol–water partition coefficient (Wildman–Crippen LogP) is 5.99. The molecule has 2 bridgehead atoms. The Morgan fingerprint density at radius 1 is 1.13 bits per heavy atom. The van der Waals surface area contributed by atoms with Crippen molar-refractivity contribution in [2.45, 2.75) is 78.6 Å². The molecular weight excluding hydrogens is 280 g/mol. The van der Waals surface area contributed by atoms with Crippen LogP contribution in [0.5, 0.6) is 0 Å². The zero-order valence-electron chi connectivity index (χ0n) is 15.6. The summed E-state index contributed by atoms with van der Waals surface area (Å²) in [5.41, 5.74) is 2.81. The molecule has 0 amide bonds. The maximum atomic E-state index is 6.00. The molecule has 1 aliphatic heterocycles. The van der Waals surface area contributed by atoms with Crippen LogP contribution in [0, 0.1) is 34.5 Å². The van der Waals surface area contributed by atoms with Crippen molar-refractivity contribution in [2.24, 2.45) is 34.5 Å². The van der Waals surface area contributed by atoms with Crippen LogP contribution < -0.4 is 0 Å². The van der Waals surface area contributed by atoms with E-state index in [2.05, 4.69) is 26.8 Å². The topological polar surface area (TPSA) is 9.23 Å². The maximum Gasteiger partial charge on any atom is 0.0519 e. The number of hydrogen-bond acceptors (Lipinski definition) is 1. The van der Waals surface area contributed by atoms with Gasteiger partial charge < -0.3 is 4.74 Å². The second-order valence-electron chi connectivity index (χ2n) is 10.0. The Hall–Kier alpha value is -0.300. The van der Waals surface area contributed by atoms with E-state index in [1.165, 1.54) is 57.8 Å². The third kappa shape index (κ3) is 2.81. The fraction of sp³-hybridized carbons (Fsp3) is 0.909. The van der Waals surface area contributed by atoms with E-state index in [1.54, 1.807) is 0 Å². The largest absolute Gasteiger partial charge is 0.381 e. The minimum absolute atomic E-state index is 0.445. The molecule has 0 aromatic carbocycles. The zero-order chi connectivity index (χ0) is 16.1. The van der Waals surface area contributed by atoms with Crippen LogP contribution in [0.4, 0.5) is 0 Å². The fourth-order valence-electron chi connectivity index (χ4n) is 6.73. The molecule has 1 heteroatoms. The molecule has 3 aliphatic carbocycles. The van der Waals surface area contributed by atoms with E-state index < -0.39 is 0 Å². The first-order valence-corrected chi connectivity index (χ1v) is 10.3. The highest BCUT2D eigenvalue weighted by Crippen LogP contribution is 2.60. The molecule has 2 saturated carbocycles. The highest BCUT2D eigenvalue weighted by atomic mass is 16.5. The Balaban J connectivity index is 1.66. The fourth-order valence-corrected chi connectivity index (χ4v) is 6.73. The van der Waals surface area contributed by atoms with E-state index in [4.69, 9.17) is 4.74 Å². The zero-order valence-corrected chi connectivity index (χ0v) is 15.6. The van der Waals surface area contributed by atoms with Crippen molar-refractivity contribution >= 4 is 0 Å². The number of allylic oxidation sites excluding steroid dienone is 2. The first-order chi connectivity index (χ1) is 11.0. The first kappa shape index (κ1) is 16.2. The van der Waals surface area contributed by atoms with Gasteiger partial charge in [0.2, 0.25) is 0 Å². The summed E-state index contributed by atoms with van der Waals surface area (Å²) in [7, 11) is 0. The summed E-state index contributed by atoms with van der Waals surface area (Å²) >= 11 is 0. The lowest BCUT2D eigenvalue weighted by molar-refractivity contribution is 0.00917. The van der Waals surface area contributed by atoms with Crippen molar-refractivity contribution in [3.05, 3.63) is 11.6 Å². The summed E-state index contributed by atoms with van der Waals surface area (Å²) in [4.78, 5) is 0. The van der Waals surface area contributed by atoms with E-state index in [1.807, 2.05) is 5.57 Å². The second kappa shape index (κ2) is 5.90. The third-order valence-corrected chi connectivity index (χ3v) is 8.16. The van der Waals surface area contributed by atoms with Gasteiger partial charge in [0, 0.05) is 6.61 Å². The van der Waals surface area contributed by atoms with Gasteiger partial charge in [-0.3, -0.25) is 0 Å². The molecule has 0 radical (unpaired) electrons. The van der Waals surface area contributed by atoms with Gasteiger partial charge in [-0.15, -0.1) is 0 Å². The summed E-state index contributed by atoms with van der Waals surface area (Å²) in [5.74, 6) is 3.76. The first-order valence-electron chi connectivity index (χ1n) is 10.3. The monoisotopic (exact) mass is 316 g/mol. The van der Waals surface area contributed by atoms with Gasteiger partial charge in [-0.25, -0.2) is 0 Å². The molecule has 4 aliphatic rings. The van der Waals surface area contributed by atoms with Crippen LogP contribution in [-0.4, -0.2) is 13.2 Å². The lowest BCUT2D eigenvalue weighted by atomic mass is 9.53. The lowest BCUT2D eigenvalue weighted by Gasteiger charge is -2.52. The second-order valence-corrected chi connectivity index (χ2v) is 10.0. The van der Waals surface area contributed by atoms with Gasteiger partial charge in [0.1, 0.15) is 0 Å². The molecule has 3 fully saturated rings. The summed E-state index contributed by atoms with van der Waals surface area (Å²) in [6, 6.07) is 0. The van der Waals surface area contributed by atoms with Crippen LogP contribution in [0.3, 0.4) is 0 Å². The summed E-state index contributed by atoms with van der Waals surface area (Å²) in [6.07, 6.45) is 15.3. The Morgan fingerprint density at radius 2 is 2.00 bits per heavy atom. The summed E-state index contributed by atoms with van der Waals surface area (Å²) in [6.45, 7) is 9.62. The van der Waals surface area contributed by atoms with Gasteiger partial charge in [-0.05, 0) is 92.3 Å². The van der Waals surface area contributed by atoms with E-state index in [-0.39, 0.29) is 0 Å². The van der Waals surface area contributed by atoms with Gasteiger partial charge in [0.15, 0.2) is 0 Å². The minimum Gasteiger partial charge on any atom is -0.381 e. The third-order valence-electron chi connectivity index (χ3n) is 8.16. The molecule has 0 aromatic heterocycles. The predicted molar refractivity (Wildman–Crippen MR) is 96.3 cm³/mol. The molecule has 6 atom stereocenters. The highest BCUT2D eigenvalue weighted by Gasteiger charge is 2.50. The molecule has 130 valence electrons. The molecule has 0 N–H and O–H groups in total. The Kier molecular flexibility index (Phi) is 4.15.